The summed E-state index contributed by atoms with van der Waals surface area (Å²) < 4.78 is 6.29. The largest absolute Gasteiger partial charge is 0.490 e. The average Bonchev–Trinajstić information content (AvgIpc) is 2.69. The molecule has 1 fully saturated rings. The van der Waals surface area contributed by atoms with Gasteiger partial charge in [0.2, 0.25) is 0 Å². The maximum atomic E-state index is 9.24. The first-order valence-electron chi connectivity index (χ1n) is 10.4. The van der Waals surface area contributed by atoms with Gasteiger partial charge in [-0.3, -0.25) is 9.88 Å². The summed E-state index contributed by atoms with van der Waals surface area (Å²) in [6, 6.07) is 14.7. The second-order valence-electron chi connectivity index (χ2n) is 8.14. The summed E-state index contributed by atoms with van der Waals surface area (Å²) in [5, 5.41) is 9.24. The van der Waals surface area contributed by atoms with Gasteiger partial charge in [-0.2, -0.15) is 5.26 Å². The summed E-state index contributed by atoms with van der Waals surface area (Å²) >= 11 is 0. The minimum atomic E-state index is 0.299. The van der Waals surface area contributed by atoms with Crippen molar-refractivity contribution in [1.82, 2.24) is 9.88 Å². The molecular weight excluding hydrogens is 346 g/mol. The highest BCUT2D eigenvalue weighted by Crippen LogP contribution is 2.33. The number of pyridine rings is 1. The maximum absolute atomic E-state index is 9.24. The average molecular weight is 378 g/mol. The number of benzene rings is 1. The van der Waals surface area contributed by atoms with E-state index < -0.39 is 0 Å². The van der Waals surface area contributed by atoms with Crippen LogP contribution in [-0.2, 0) is 6.54 Å². The molecule has 0 aliphatic heterocycles. The first-order valence-corrected chi connectivity index (χ1v) is 10.4. The molecule has 0 radical (unpaired) electrons. The lowest BCUT2D eigenvalue weighted by molar-refractivity contribution is 0.0895. The first kappa shape index (κ1) is 20.4. The molecule has 0 saturated heterocycles. The van der Waals surface area contributed by atoms with Crippen molar-refractivity contribution in [3.05, 3.63) is 59.9 Å². The lowest BCUT2D eigenvalue weighted by Gasteiger charge is -2.35. The van der Waals surface area contributed by atoms with Gasteiger partial charge in [-0.15, -0.1) is 0 Å². The molecule has 0 spiro atoms. The number of nitrogens with zero attached hydrogens (tertiary/aromatic N) is 3. The Hall–Kier alpha value is -2.38. The molecule has 0 amide bonds. The van der Waals surface area contributed by atoms with Gasteiger partial charge in [-0.1, -0.05) is 19.1 Å². The number of aromatic nitrogens is 1. The van der Waals surface area contributed by atoms with Crippen molar-refractivity contribution in [3.63, 3.8) is 0 Å². The van der Waals surface area contributed by atoms with E-state index >= 15 is 0 Å². The highest BCUT2D eigenvalue weighted by Gasteiger charge is 2.28. The molecule has 148 valence electrons. The fourth-order valence-corrected chi connectivity index (χ4v) is 4.27. The molecule has 1 aromatic heterocycles. The minimum Gasteiger partial charge on any atom is -0.490 e. The van der Waals surface area contributed by atoms with Gasteiger partial charge < -0.3 is 4.74 Å². The number of hydrogen-bond acceptors (Lipinski definition) is 4. The molecule has 2 aromatic rings. The van der Waals surface area contributed by atoms with Crippen molar-refractivity contribution in [1.29, 1.82) is 5.26 Å². The van der Waals surface area contributed by atoms with Gasteiger partial charge in [0.25, 0.3) is 0 Å². The van der Waals surface area contributed by atoms with Crippen molar-refractivity contribution >= 4 is 0 Å². The van der Waals surface area contributed by atoms with Crippen LogP contribution >= 0.6 is 0 Å². The molecule has 3 rings (SSSR count). The fraction of sp³-hybridized carbons (Fsp3) is 0.500. The Bertz CT molecular complexity index is 771. The number of ether oxygens (including phenoxy) is 1. The minimum absolute atomic E-state index is 0.299. The number of hydrogen-bond donors (Lipinski definition) is 0. The second-order valence-corrected chi connectivity index (χ2v) is 8.14. The van der Waals surface area contributed by atoms with Crippen LogP contribution in [0.15, 0.2) is 48.8 Å². The van der Waals surface area contributed by atoms with Gasteiger partial charge in [0.05, 0.1) is 18.7 Å². The Balaban J connectivity index is 1.56. The predicted molar refractivity (Wildman–Crippen MR) is 112 cm³/mol. The Morgan fingerprint density at radius 2 is 2.07 bits per heavy atom. The van der Waals surface area contributed by atoms with Crippen LogP contribution in [0.4, 0.5) is 0 Å². The second kappa shape index (κ2) is 10.2. The van der Waals surface area contributed by atoms with Gasteiger partial charge in [0.15, 0.2) is 0 Å². The van der Waals surface area contributed by atoms with Crippen molar-refractivity contribution in [3.8, 4) is 11.8 Å². The summed E-state index contributed by atoms with van der Waals surface area (Å²) in [6.45, 7) is 6.64. The van der Waals surface area contributed by atoms with Gasteiger partial charge in [0, 0.05) is 25.5 Å². The van der Waals surface area contributed by atoms with Crippen LogP contribution in [0.1, 0.15) is 43.7 Å². The van der Waals surface area contributed by atoms with Crippen LogP contribution in [0.5, 0.6) is 5.75 Å². The first-order chi connectivity index (χ1) is 13.6. The van der Waals surface area contributed by atoms with E-state index in [2.05, 4.69) is 54.1 Å². The van der Waals surface area contributed by atoms with E-state index in [-0.39, 0.29) is 0 Å². The summed E-state index contributed by atoms with van der Waals surface area (Å²) in [6.07, 6.45) is 8.64. The highest BCUT2D eigenvalue weighted by atomic mass is 16.5. The predicted octanol–water partition coefficient (Wildman–Crippen LogP) is 4.99. The molecule has 1 heterocycles. The fourth-order valence-electron chi connectivity index (χ4n) is 4.27. The highest BCUT2D eigenvalue weighted by molar-refractivity contribution is 5.27. The number of nitriles is 1. The molecule has 1 unspecified atom stereocenters. The van der Waals surface area contributed by atoms with Crippen LogP contribution in [-0.4, -0.2) is 29.1 Å². The quantitative estimate of drug-likeness (QED) is 0.608. The summed E-state index contributed by atoms with van der Waals surface area (Å²) in [4.78, 5) is 6.34. The van der Waals surface area contributed by atoms with Gasteiger partial charge >= 0.3 is 0 Å². The van der Waals surface area contributed by atoms with Crippen LogP contribution in [0.2, 0.25) is 0 Å². The van der Waals surface area contributed by atoms with E-state index in [9.17, 15) is 5.26 Å². The number of aryl methyl sites for hydroxylation is 1. The van der Waals surface area contributed by atoms with Gasteiger partial charge in [-0.05, 0) is 79.8 Å². The zero-order valence-corrected chi connectivity index (χ0v) is 17.1. The standard InChI is InChI=1S/C24H31N3O/c1-19-5-3-7-23(15-19)28-24-8-4-6-22(16-24)20(2)17-27(14-11-25)18-21-9-12-26-13-10-21/h3,5,7,9-10,12-13,15,20,22,24H,4,6,8,14,16-18H2,1-2H3/t20?,22-,24+/m0/s1. The molecule has 4 heteroatoms. The maximum Gasteiger partial charge on any atom is 0.119 e. The van der Waals surface area contributed by atoms with E-state index in [1.54, 1.807) is 0 Å². The van der Waals surface area contributed by atoms with Crippen molar-refractivity contribution < 1.29 is 4.74 Å². The topological polar surface area (TPSA) is 49.1 Å². The molecule has 3 atom stereocenters. The van der Waals surface area contributed by atoms with Crippen LogP contribution in [0.3, 0.4) is 0 Å². The van der Waals surface area contributed by atoms with Crippen molar-refractivity contribution in [2.24, 2.45) is 11.8 Å². The van der Waals surface area contributed by atoms with Crippen molar-refractivity contribution in [2.75, 3.05) is 13.1 Å². The third kappa shape index (κ3) is 6.07. The molecular formula is C24H31N3O. The third-order valence-corrected chi connectivity index (χ3v) is 5.76. The molecule has 1 saturated carbocycles. The molecule has 28 heavy (non-hydrogen) atoms. The van der Waals surface area contributed by atoms with E-state index in [1.807, 2.05) is 24.5 Å². The Labute approximate surface area is 169 Å². The zero-order valence-electron chi connectivity index (χ0n) is 17.1. The van der Waals surface area contributed by atoms with Crippen molar-refractivity contribution in [2.45, 2.75) is 52.2 Å². The Morgan fingerprint density at radius 1 is 1.25 bits per heavy atom. The third-order valence-electron chi connectivity index (χ3n) is 5.76. The Morgan fingerprint density at radius 3 is 2.82 bits per heavy atom. The smallest absolute Gasteiger partial charge is 0.119 e. The molecule has 4 nitrogen and oxygen atoms in total. The molecule has 0 bridgehead atoms. The van der Waals surface area contributed by atoms with Gasteiger partial charge in [-0.25, -0.2) is 0 Å². The van der Waals surface area contributed by atoms with E-state index in [4.69, 9.17) is 4.74 Å². The number of rotatable bonds is 8. The Kier molecular flexibility index (Phi) is 7.45. The lowest BCUT2D eigenvalue weighted by Crippen LogP contribution is -2.35. The molecule has 1 aliphatic carbocycles. The van der Waals surface area contributed by atoms with Crippen LogP contribution in [0, 0.1) is 30.1 Å². The van der Waals surface area contributed by atoms with E-state index in [0.717, 1.165) is 31.7 Å². The monoisotopic (exact) mass is 377 g/mol. The summed E-state index contributed by atoms with van der Waals surface area (Å²) in [7, 11) is 0. The van der Waals surface area contributed by atoms with E-state index in [0.29, 0.717) is 24.5 Å². The van der Waals surface area contributed by atoms with Gasteiger partial charge in [0.1, 0.15) is 5.75 Å². The van der Waals surface area contributed by atoms with E-state index in [1.165, 1.54) is 24.0 Å². The SMILES string of the molecule is Cc1cccc(O[C@@H]2CCC[C@H](C(C)CN(CC#N)Cc3ccncc3)C2)c1. The molecule has 1 aliphatic rings. The molecule has 1 aromatic carbocycles. The molecule has 0 N–H and O–H groups in total. The summed E-state index contributed by atoms with van der Waals surface area (Å²) in [5.41, 5.74) is 2.45. The zero-order chi connectivity index (χ0) is 19.8. The van der Waals surface area contributed by atoms with Crippen LogP contribution in [0.25, 0.3) is 0 Å². The van der Waals surface area contributed by atoms with Crippen LogP contribution < -0.4 is 4.74 Å². The lowest BCUT2D eigenvalue weighted by atomic mass is 9.79. The summed E-state index contributed by atoms with van der Waals surface area (Å²) in [5.74, 6) is 2.17. The normalized spacial score (nSPS) is 20.5.